The Morgan fingerprint density at radius 3 is 2.55 bits per heavy atom. The Bertz CT molecular complexity index is 716. The number of aryl methyl sites for hydroxylation is 1. The Morgan fingerprint density at radius 2 is 1.95 bits per heavy atom. The number of fused-ring (bicyclic) bond motifs is 1. The number of hydrogen-bond donors (Lipinski definition) is 0. The first-order chi connectivity index (χ1) is 10.3. The van der Waals surface area contributed by atoms with Gasteiger partial charge in [-0.2, -0.15) is 0 Å². The van der Waals surface area contributed by atoms with Crippen LogP contribution in [-0.4, -0.2) is 24.2 Å². The Hall–Kier alpha value is -1.36. The van der Waals surface area contributed by atoms with E-state index in [2.05, 4.69) is 4.98 Å². The van der Waals surface area contributed by atoms with Gasteiger partial charge in [-0.3, -0.25) is 4.98 Å². The van der Waals surface area contributed by atoms with E-state index in [1.165, 1.54) is 7.11 Å². The Labute approximate surface area is 139 Å². The van der Waals surface area contributed by atoms with E-state index in [0.29, 0.717) is 32.2 Å². The lowest BCUT2D eigenvalue weighted by atomic mass is 10.0. The maximum atomic E-state index is 12.1. The van der Waals surface area contributed by atoms with Crippen LogP contribution in [0.25, 0.3) is 10.9 Å². The molecule has 0 fully saturated rings. The zero-order valence-corrected chi connectivity index (χ0v) is 14.3. The van der Waals surface area contributed by atoms with Crippen molar-refractivity contribution in [2.24, 2.45) is 0 Å². The quantitative estimate of drug-likeness (QED) is 0.768. The molecule has 0 aliphatic rings. The van der Waals surface area contributed by atoms with Crippen LogP contribution in [-0.2, 0) is 14.3 Å². The van der Waals surface area contributed by atoms with Gasteiger partial charge in [0.05, 0.1) is 23.8 Å². The van der Waals surface area contributed by atoms with Crippen molar-refractivity contribution in [2.45, 2.75) is 33.0 Å². The summed E-state index contributed by atoms with van der Waals surface area (Å²) in [4.78, 5) is 16.6. The molecular formula is C16H17Cl2NO3. The summed E-state index contributed by atoms with van der Waals surface area (Å²) in [7, 11) is 1.31. The van der Waals surface area contributed by atoms with E-state index in [1.807, 2.05) is 13.8 Å². The number of benzene rings is 1. The SMILES string of the molecule is COC(=O)C(OC(C)C)c1c(C)nc2ccc(Cl)cc2c1Cl. The summed E-state index contributed by atoms with van der Waals surface area (Å²) in [5.41, 5.74) is 1.84. The lowest BCUT2D eigenvalue weighted by molar-refractivity contribution is -0.157. The summed E-state index contributed by atoms with van der Waals surface area (Å²) in [5, 5.41) is 1.63. The molecule has 0 radical (unpaired) electrons. The smallest absolute Gasteiger partial charge is 0.339 e. The van der Waals surface area contributed by atoms with E-state index in [-0.39, 0.29) is 6.10 Å². The highest BCUT2D eigenvalue weighted by atomic mass is 35.5. The summed E-state index contributed by atoms with van der Waals surface area (Å²) < 4.78 is 10.5. The number of rotatable bonds is 4. The molecule has 0 aliphatic carbocycles. The maximum Gasteiger partial charge on any atom is 0.339 e. The van der Waals surface area contributed by atoms with Crippen LogP contribution in [0.4, 0.5) is 0 Å². The highest BCUT2D eigenvalue weighted by Gasteiger charge is 2.29. The van der Waals surface area contributed by atoms with Crippen molar-refractivity contribution in [2.75, 3.05) is 7.11 Å². The van der Waals surface area contributed by atoms with Gasteiger partial charge in [-0.15, -0.1) is 0 Å². The number of aromatic nitrogens is 1. The second-order valence-corrected chi connectivity index (χ2v) is 5.99. The Kier molecular flexibility index (Phi) is 5.27. The van der Waals surface area contributed by atoms with Crippen LogP contribution in [0, 0.1) is 6.92 Å². The molecule has 0 bridgehead atoms. The van der Waals surface area contributed by atoms with Crippen molar-refractivity contribution in [3.8, 4) is 0 Å². The molecule has 0 amide bonds. The van der Waals surface area contributed by atoms with Crippen LogP contribution >= 0.6 is 23.2 Å². The van der Waals surface area contributed by atoms with Gasteiger partial charge in [-0.25, -0.2) is 4.79 Å². The van der Waals surface area contributed by atoms with Crippen molar-refractivity contribution in [3.05, 3.63) is 39.5 Å². The summed E-state index contributed by atoms with van der Waals surface area (Å²) in [6.07, 6.45) is -1.09. The van der Waals surface area contributed by atoms with Crippen molar-refractivity contribution < 1.29 is 14.3 Å². The summed E-state index contributed by atoms with van der Waals surface area (Å²) in [6, 6.07) is 5.25. The monoisotopic (exact) mass is 341 g/mol. The van der Waals surface area contributed by atoms with Gasteiger partial charge in [0.2, 0.25) is 0 Å². The fourth-order valence-corrected chi connectivity index (χ4v) is 2.81. The summed E-state index contributed by atoms with van der Waals surface area (Å²) >= 11 is 12.5. The number of pyridine rings is 1. The molecule has 22 heavy (non-hydrogen) atoms. The van der Waals surface area contributed by atoms with E-state index in [4.69, 9.17) is 32.7 Å². The van der Waals surface area contributed by atoms with Gasteiger partial charge in [0.25, 0.3) is 0 Å². The highest BCUT2D eigenvalue weighted by Crippen LogP contribution is 2.36. The average Bonchev–Trinajstić information content (AvgIpc) is 2.46. The molecule has 0 spiro atoms. The van der Waals surface area contributed by atoms with Gasteiger partial charge in [0, 0.05) is 21.7 Å². The van der Waals surface area contributed by atoms with E-state index < -0.39 is 12.1 Å². The van der Waals surface area contributed by atoms with Crippen molar-refractivity contribution in [1.29, 1.82) is 0 Å². The van der Waals surface area contributed by atoms with Crippen LogP contribution in [0.5, 0.6) is 0 Å². The van der Waals surface area contributed by atoms with Crippen molar-refractivity contribution in [3.63, 3.8) is 0 Å². The third-order valence-electron chi connectivity index (χ3n) is 3.20. The predicted molar refractivity (Wildman–Crippen MR) is 87.5 cm³/mol. The topological polar surface area (TPSA) is 48.4 Å². The van der Waals surface area contributed by atoms with E-state index >= 15 is 0 Å². The standard InChI is InChI=1S/C16H17Cl2NO3/c1-8(2)22-15(16(20)21-4)13-9(3)19-12-6-5-10(17)7-11(12)14(13)18/h5-8,15H,1-4H3. The molecule has 0 saturated heterocycles. The zero-order chi connectivity index (χ0) is 16.4. The second-order valence-electron chi connectivity index (χ2n) is 5.17. The fraction of sp³-hybridized carbons (Fsp3) is 0.375. The van der Waals surface area contributed by atoms with Crippen LogP contribution in [0.2, 0.25) is 10.0 Å². The number of ether oxygens (including phenoxy) is 2. The third kappa shape index (κ3) is 3.35. The molecule has 4 nitrogen and oxygen atoms in total. The molecule has 2 rings (SSSR count). The van der Waals surface area contributed by atoms with E-state index in [9.17, 15) is 4.79 Å². The molecule has 6 heteroatoms. The highest BCUT2D eigenvalue weighted by molar-refractivity contribution is 6.37. The minimum atomic E-state index is -0.923. The molecule has 0 aliphatic heterocycles. The molecule has 1 atom stereocenters. The zero-order valence-electron chi connectivity index (χ0n) is 12.8. The van der Waals surface area contributed by atoms with Crippen LogP contribution < -0.4 is 0 Å². The average molecular weight is 342 g/mol. The Morgan fingerprint density at radius 1 is 1.27 bits per heavy atom. The van der Waals surface area contributed by atoms with Crippen LogP contribution in [0.15, 0.2) is 18.2 Å². The lowest BCUT2D eigenvalue weighted by Gasteiger charge is -2.21. The van der Waals surface area contributed by atoms with Crippen molar-refractivity contribution >= 4 is 40.1 Å². The molecule has 0 saturated carbocycles. The number of hydrogen-bond acceptors (Lipinski definition) is 4. The first-order valence-electron chi connectivity index (χ1n) is 6.83. The van der Waals surface area contributed by atoms with Crippen LogP contribution in [0.3, 0.4) is 0 Å². The largest absolute Gasteiger partial charge is 0.467 e. The van der Waals surface area contributed by atoms with Gasteiger partial charge in [0.15, 0.2) is 6.10 Å². The van der Waals surface area contributed by atoms with Crippen molar-refractivity contribution in [1.82, 2.24) is 4.98 Å². The number of esters is 1. The molecule has 2 aromatic rings. The fourth-order valence-electron chi connectivity index (χ4n) is 2.25. The van der Waals surface area contributed by atoms with Gasteiger partial charge in [0.1, 0.15) is 0 Å². The maximum absolute atomic E-state index is 12.1. The number of carbonyl (C=O) groups excluding carboxylic acids is 1. The molecule has 1 heterocycles. The van der Waals surface area contributed by atoms with Gasteiger partial charge in [-0.05, 0) is 39.0 Å². The minimum absolute atomic E-state index is 0.172. The third-order valence-corrected chi connectivity index (χ3v) is 3.84. The molecule has 0 N–H and O–H groups in total. The molecule has 118 valence electrons. The van der Waals surface area contributed by atoms with Gasteiger partial charge in [-0.1, -0.05) is 23.2 Å². The first-order valence-corrected chi connectivity index (χ1v) is 7.59. The van der Waals surface area contributed by atoms with E-state index in [0.717, 1.165) is 0 Å². The summed E-state index contributed by atoms with van der Waals surface area (Å²) in [6.45, 7) is 5.46. The molecule has 1 aromatic heterocycles. The normalized spacial score (nSPS) is 12.7. The first kappa shape index (κ1) is 17.0. The van der Waals surface area contributed by atoms with E-state index in [1.54, 1.807) is 25.1 Å². The predicted octanol–water partition coefficient (Wildman–Crippen LogP) is 4.49. The van der Waals surface area contributed by atoms with Gasteiger partial charge >= 0.3 is 5.97 Å². The number of methoxy groups -OCH3 is 1. The second kappa shape index (κ2) is 6.82. The molecular weight excluding hydrogens is 325 g/mol. The lowest BCUT2D eigenvalue weighted by Crippen LogP contribution is -2.22. The molecule has 1 aromatic carbocycles. The Balaban J connectivity index is 2.68. The number of carbonyl (C=O) groups is 1. The minimum Gasteiger partial charge on any atom is -0.467 e. The van der Waals surface area contributed by atoms with Crippen LogP contribution in [0.1, 0.15) is 31.2 Å². The molecule has 1 unspecified atom stereocenters. The summed E-state index contributed by atoms with van der Waals surface area (Å²) in [5.74, 6) is -0.512. The van der Waals surface area contributed by atoms with Gasteiger partial charge < -0.3 is 9.47 Å². The number of nitrogens with zero attached hydrogens (tertiary/aromatic N) is 1. The number of halogens is 2.